The van der Waals surface area contributed by atoms with Gasteiger partial charge in [0.15, 0.2) is 5.96 Å². The van der Waals surface area contributed by atoms with Crippen molar-refractivity contribution in [2.24, 2.45) is 4.99 Å². The van der Waals surface area contributed by atoms with Crippen LogP contribution in [0.3, 0.4) is 0 Å². The summed E-state index contributed by atoms with van der Waals surface area (Å²) in [5.41, 5.74) is 1.25. The smallest absolute Gasteiger partial charge is 0.191 e. The third-order valence-electron chi connectivity index (χ3n) is 3.10. The van der Waals surface area contributed by atoms with Crippen LogP contribution in [0.5, 0.6) is 5.75 Å². The summed E-state index contributed by atoms with van der Waals surface area (Å²) in [6, 6.07) is 8.47. The lowest BCUT2D eigenvalue weighted by Gasteiger charge is -2.17. The van der Waals surface area contributed by atoms with Gasteiger partial charge in [0.1, 0.15) is 5.75 Å². The van der Waals surface area contributed by atoms with Gasteiger partial charge < -0.3 is 20.1 Å². The molecule has 0 saturated carbocycles. The minimum absolute atomic E-state index is 0. The number of aliphatic imine (C=N–C) groups is 1. The molecule has 0 aromatic heterocycles. The first-order chi connectivity index (χ1) is 10.7. The van der Waals surface area contributed by atoms with Crippen LogP contribution in [0.15, 0.2) is 29.3 Å². The van der Waals surface area contributed by atoms with Crippen LogP contribution in [0.2, 0.25) is 0 Å². The second-order valence-corrected chi connectivity index (χ2v) is 5.25. The Bertz CT molecular complexity index is 455. The third kappa shape index (κ3) is 9.65. The van der Waals surface area contributed by atoms with Crippen molar-refractivity contribution in [2.75, 3.05) is 33.9 Å². The van der Waals surface area contributed by atoms with Crippen LogP contribution >= 0.6 is 24.0 Å². The Morgan fingerprint density at radius 1 is 1.35 bits per heavy atom. The maximum atomic E-state index is 5.65. The minimum atomic E-state index is 0. The highest BCUT2D eigenvalue weighted by molar-refractivity contribution is 14.0. The molecule has 1 atom stereocenters. The molecule has 132 valence electrons. The topological polar surface area (TPSA) is 54.9 Å². The lowest BCUT2D eigenvalue weighted by molar-refractivity contribution is 0.179. The van der Waals surface area contributed by atoms with Crippen molar-refractivity contribution in [2.45, 2.75) is 32.7 Å². The molecule has 0 saturated heterocycles. The van der Waals surface area contributed by atoms with E-state index in [2.05, 4.69) is 41.6 Å². The number of hydrogen-bond acceptors (Lipinski definition) is 3. The molecule has 0 aliphatic carbocycles. The summed E-state index contributed by atoms with van der Waals surface area (Å²) in [5.74, 6) is 1.73. The Labute approximate surface area is 157 Å². The summed E-state index contributed by atoms with van der Waals surface area (Å²) in [5, 5.41) is 6.59. The molecule has 0 radical (unpaired) electrons. The standard InChI is InChI=1S/C17H29N3O2.HI/c1-5-11-22-16-8-6-7-15(12-16)9-10-19-17(18-3)20-14(2)13-21-4;/h6-8,12,14H,5,9-11,13H2,1-4H3,(H2,18,19,20);1H. The van der Waals surface area contributed by atoms with Crippen molar-refractivity contribution in [3.63, 3.8) is 0 Å². The van der Waals surface area contributed by atoms with E-state index in [0.717, 1.165) is 37.7 Å². The van der Waals surface area contributed by atoms with E-state index in [0.29, 0.717) is 6.61 Å². The molecule has 0 amide bonds. The van der Waals surface area contributed by atoms with E-state index in [-0.39, 0.29) is 30.0 Å². The normalized spacial score (nSPS) is 12.3. The Morgan fingerprint density at radius 3 is 2.78 bits per heavy atom. The van der Waals surface area contributed by atoms with Gasteiger partial charge in [-0.1, -0.05) is 19.1 Å². The van der Waals surface area contributed by atoms with Crippen molar-refractivity contribution < 1.29 is 9.47 Å². The SMILES string of the molecule is CCCOc1cccc(CCNC(=NC)NC(C)COC)c1.I. The second kappa shape index (κ2) is 13.4. The fraction of sp³-hybridized carbons (Fsp3) is 0.588. The van der Waals surface area contributed by atoms with Gasteiger partial charge in [0, 0.05) is 26.7 Å². The number of benzene rings is 1. The lowest BCUT2D eigenvalue weighted by atomic mass is 10.1. The zero-order valence-corrected chi connectivity index (χ0v) is 16.9. The number of halogens is 1. The van der Waals surface area contributed by atoms with Gasteiger partial charge in [0.25, 0.3) is 0 Å². The average molecular weight is 435 g/mol. The number of hydrogen-bond donors (Lipinski definition) is 2. The van der Waals surface area contributed by atoms with Gasteiger partial charge in [-0.3, -0.25) is 4.99 Å². The average Bonchev–Trinajstić information content (AvgIpc) is 2.52. The van der Waals surface area contributed by atoms with Crippen LogP contribution in [0.25, 0.3) is 0 Å². The summed E-state index contributed by atoms with van der Waals surface area (Å²) in [7, 11) is 3.47. The molecule has 23 heavy (non-hydrogen) atoms. The number of methoxy groups -OCH3 is 1. The van der Waals surface area contributed by atoms with Gasteiger partial charge >= 0.3 is 0 Å². The number of guanidine groups is 1. The zero-order valence-electron chi connectivity index (χ0n) is 14.6. The van der Waals surface area contributed by atoms with Crippen LogP contribution in [0.1, 0.15) is 25.8 Å². The predicted molar refractivity (Wildman–Crippen MR) is 107 cm³/mol. The molecule has 0 aliphatic heterocycles. The van der Waals surface area contributed by atoms with Crippen LogP contribution in [-0.2, 0) is 11.2 Å². The molecule has 0 heterocycles. The maximum absolute atomic E-state index is 5.65. The molecule has 1 unspecified atom stereocenters. The summed E-state index contributed by atoms with van der Waals surface area (Å²) in [6.07, 6.45) is 1.94. The van der Waals surface area contributed by atoms with Crippen LogP contribution < -0.4 is 15.4 Å². The molecular formula is C17H30IN3O2. The first kappa shape index (κ1) is 22.0. The van der Waals surface area contributed by atoms with Gasteiger partial charge in [-0.15, -0.1) is 24.0 Å². The first-order valence-corrected chi connectivity index (χ1v) is 7.87. The molecule has 0 fully saturated rings. The fourth-order valence-corrected chi connectivity index (χ4v) is 2.06. The molecule has 1 rings (SSSR count). The van der Waals surface area contributed by atoms with E-state index >= 15 is 0 Å². The van der Waals surface area contributed by atoms with Gasteiger partial charge in [0.2, 0.25) is 0 Å². The van der Waals surface area contributed by atoms with E-state index in [1.165, 1.54) is 5.56 Å². The summed E-state index contributed by atoms with van der Waals surface area (Å²) >= 11 is 0. The summed E-state index contributed by atoms with van der Waals surface area (Å²) in [6.45, 7) is 6.39. The van der Waals surface area contributed by atoms with E-state index in [9.17, 15) is 0 Å². The highest BCUT2D eigenvalue weighted by Crippen LogP contribution is 2.13. The second-order valence-electron chi connectivity index (χ2n) is 5.25. The Kier molecular flexibility index (Phi) is 12.8. The van der Waals surface area contributed by atoms with Crippen molar-refractivity contribution in [3.05, 3.63) is 29.8 Å². The van der Waals surface area contributed by atoms with E-state index < -0.39 is 0 Å². The molecule has 1 aromatic rings. The Balaban J connectivity index is 0.00000484. The number of nitrogens with zero attached hydrogens (tertiary/aromatic N) is 1. The summed E-state index contributed by atoms with van der Waals surface area (Å²) in [4.78, 5) is 4.21. The van der Waals surface area contributed by atoms with Crippen molar-refractivity contribution >= 4 is 29.9 Å². The van der Waals surface area contributed by atoms with Crippen LogP contribution in [-0.4, -0.2) is 45.9 Å². The van der Waals surface area contributed by atoms with Crippen molar-refractivity contribution in [1.82, 2.24) is 10.6 Å². The molecule has 2 N–H and O–H groups in total. The lowest BCUT2D eigenvalue weighted by Crippen LogP contribution is -2.44. The number of nitrogens with one attached hydrogen (secondary N) is 2. The Hall–Kier alpha value is -1.02. The largest absolute Gasteiger partial charge is 0.494 e. The van der Waals surface area contributed by atoms with E-state index in [1.54, 1.807) is 14.2 Å². The molecule has 0 aliphatic rings. The predicted octanol–water partition coefficient (Wildman–Crippen LogP) is 2.84. The van der Waals surface area contributed by atoms with E-state index in [4.69, 9.17) is 9.47 Å². The minimum Gasteiger partial charge on any atom is -0.494 e. The van der Waals surface area contributed by atoms with Crippen LogP contribution in [0.4, 0.5) is 0 Å². The highest BCUT2D eigenvalue weighted by atomic mass is 127. The Morgan fingerprint density at radius 2 is 2.13 bits per heavy atom. The van der Waals surface area contributed by atoms with Crippen LogP contribution in [0, 0.1) is 0 Å². The molecule has 5 nitrogen and oxygen atoms in total. The maximum Gasteiger partial charge on any atom is 0.191 e. The quantitative estimate of drug-likeness (QED) is 0.356. The summed E-state index contributed by atoms with van der Waals surface area (Å²) < 4.78 is 10.8. The number of ether oxygens (including phenoxy) is 2. The molecule has 1 aromatic carbocycles. The first-order valence-electron chi connectivity index (χ1n) is 7.87. The molecule has 6 heteroatoms. The van der Waals surface area contributed by atoms with Crippen molar-refractivity contribution in [1.29, 1.82) is 0 Å². The molecule has 0 bridgehead atoms. The third-order valence-corrected chi connectivity index (χ3v) is 3.10. The molecular weight excluding hydrogens is 405 g/mol. The highest BCUT2D eigenvalue weighted by Gasteiger charge is 2.04. The zero-order chi connectivity index (χ0) is 16.2. The fourth-order valence-electron chi connectivity index (χ4n) is 2.06. The van der Waals surface area contributed by atoms with Gasteiger partial charge in [-0.05, 0) is 37.5 Å². The number of rotatable bonds is 9. The van der Waals surface area contributed by atoms with Gasteiger partial charge in [0.05, 0.1) is 13.2 Å². The van der Waals surface area contributed by atoms with Gasteiger partial charge in [-0.25, -0.2) is 0 Å². The molecule has 0 spiro atoms. The van der Waals surface area contributed by atoms with Crippen molar-refractivity contribution in [3.8, 4) is 5.75 Å². The van der Waals surface area contributed by atoms with Gasteiger partial charge in [-0.2, -0.15) is 0 Å². The van der Waals surface area contributed by atoms with E-state index in [1.807, 2.05) is 12.1 Å². The monoisotopic (exact) mass is 435 g/mol.